The van der Waals surface area contributed by atoms with Gasteiger partial charge in [0.15, 0.2) is 5.82 Å². The summed E-state index contributed by atoms with van der Waals surface area (Å²) in [7, 11) is 1.67. The van der Waals surface area contributed by atoms with Gasteiger partial charge in [-0.15, -0.1) is 10.2 Å². The SMILES string of the molecule is COCC(C)n1cnnc1-c1cccc(N)n1. The maximum absolute atomic E-state index is 5.66. The van der Waals surface area contributed by atoms with Crippen molar-refractivity contribution < 1.29 is 4.74 Å². The average molecular weight is 233 g/mol. The van der Waals surface area contributed by atoms with Crippen LogP contribution < -0.4 is 5.73 Å². The third kappa shape index (κ3) is 2.42. The molecule has 17 heavy (non-hydrogen) atoms. The molecule has 2 aromatic heterocycles. The van der Waals surface area contributed by atoms with E-state index in [0.717, 1.165) is 0 Å². The molecule has 6 heteroatoms. The zero-order valence-corrected chi connectivity index (χ0v) is 9.87. The Kier molecular flexibility index (Phi) is 3.34. The zero-order chi connectivity index (χ0) is 12.3. The summed E-state index contributed by atoms with van der Waals surface area (Å²) in [5.74, 6) is 1.17. The summed E-state index contributed by atoms with van der Waals surface area (Å²) in [4.78, 5) is 4.23. The lowest BCUT2D eigenvalue weighted by atomic mass is 10.3. The molecule has 2 N–H and O–H groups in total. The van der Waals surface area contributed by atoms with Crippen molar-refractivity contribution in [1.29, 1.82) is 0 Å². The van der Waals surface area contributed by atoms with Gasteiger partial charge in [-0.05, 0) is 19.1 Å². The van der Waals surface area contributed by atoms with E-state index in [1.807, 2.05) is 23.6 Å². The number of aromatic nitrogens is 4. The van der Waals surface area contributed by atoms with E-state index >= 15 is 0 Å². The molecular formula is C11H15N5O. The van der Waals surface area contributed by atoms with Gasteiger partial charge in [-0.1, -0.05) is 6.07 Å². The normalized spacial score (nSPS) is 12.6. The van der Waals surface area contributed by atoms with Gasteiger partial charge in [-0.25, -0.2) is 4.98 Å². The van der Waals surface area contributed by atoms with Crippen molar-refractivity contribution >= 4 is 5.82 Å². The van der Waals surface area contributed by atoms with Crippen LogP contribution in [0.5, 0.6) is 0 Å². The summed E-state index contributed by atoms with van der Waals surface area (Å²) in [5, 5.41) is 7.98. The number of nitrogens with two attached hydrogens (primary N) is 1. The molecular weight excluding hydrogens is 218 g/mol. The van der Waals surface area contributed by atoms with Crippen LogP contribution in [0.3, 0.4) is 0 Å². The van der Waals surface area contributed by atoms with Crippen molar-refractivity contribution in [2.75, 3.05) is 19.5 Å². The fourth-order valence-corrected chi connectivity index (χ4v) is 1.65. The third-order valence-electron chi connectivity index (χ3n) is 2.46. The number of ether oxygens (including phenoxy) is 1. The minimum Gasteiger partial charge on any atom is -0.384 e. The molecule has 0 radical (unpaired) electrons. The lowest BCUT2D eigenvalue weighted by Crippen LogP contribution is -2.12. The summed E-state index contributed by atoms with van der Waals surface area (Å²) < 4.78 is 7.04. The first-order valence-corrected chi connectivity index (χ1v) is 5.33. The molecule has 6 nitrogen and oxygen atoms in total. The maximum atomic E-state index is 5.66. The molecule has 1 unspecified atom stereocenters. The number of rotatable bonds is 4. The van der Waals surface area contributed by atoms with Crippen molar-refractivity contribution in [3.05, 3.63) is 24.5 Å². The first kappa shape index (κ1) is 11.5. The van der Waals surface area contributed by atoms with Crippen molar-refractivity contribution in [2.45, 2.75) is 13.0 Å². The Morgan fingerprint density at radius 2 is 2.29 bits per heavy atom. The van der Waals surface area contributed by atoms with Gasteiger partial charge >= 0.3 is 0 Å². The van der Waals surface area contributed by atoms with Crippen LogP contribution in [0.1, 0.15) is 13.0 Å². The highest BCUT2D eigenvalue weighted by Crippen LogP contribution is 2.19. The highest BCUT2D eigenvalue weighted by atomic mass is 16.5. The number of hydrogen-bond donors (Lipinski definition) is 1. The molecule has 2 aromatic rings. The van der Waals surface area contributed by atoms with Gasteiger partial charge in [0.05, 0.1) is 12.6 Å². The topological polar surface area (TPSA) is 78.8 Å². The van der Waals surface area contributed by atoms with Crippen LogP contribution in [0.4, 0.5) is 5.82 Å². The Balaban J connectivity index is 2.36. The Bertz CT molecular complexity index is 496. The second-order valence-corrected chi connectivity index (χ2v) is 3.81. The second-order valence-electron chi connectivity index (χ2n) is 3.81. The Labute approximate surface area is 99.4 Å². The quantitative estimate of drug-likeness (QED) is 0.856. The second kappa shape index (κ2) is 4.92. The fourth-order valence-electron chi connectivity index (χ4n) is 1.65. The number of nitrogens with zero attached hydrogens (tertiary/aromatic N) is 4. The predicted molar refractivity (Wildman–Crippen MR) is 64.3 cm³/mol. The molecule has 90 valence electrons. The summed E-state index contributed by atoms with van der Waals surface area (Å²) >= 11 is 0. The third-order valence-corrected chi connectivity index (χ3v) is 2.46. The van der Waals surface area contributed by atoms with Gasteiger partial charge in [0.25, 0.3) is 0 Å². The molecule has 0 aliphatic carbocycles. The zero-order valence-electron chi connectivity index (χ0n) is 9.87. The molecule has 0 saturated carbocycles. The van der Waals surface area contributed by atoms with Gasteiger partial charge in [-0.2, -0.15) is 0 Å². The highest BCUT2D eigenvalue weighted by Gasteiger charge is 2.13. The number of nitrogen functional groups attached to an aromatic ring is 1. The maximum Gasteiger partial charge on any atom is 0.182 e. The largest absolute Gasteiger partial charge is 0.384 e. The standard InChI is InChI=1S/C11H15N5O/c1-8(6-17-2)16-7-13-15-11(16)9-4-3-5-10(12)14-9/h3-5,7-8H,6H2,1-2H3,(H2,12,14). The van der Waals surface area contributed by atoms with Crippen LogP contribution in [-0.4, -0.2) is 33.5 Å². The first-order valence-electron chi connectivity index (χ1n) is 5.33. The minimum atomic E-state index is 0.147. The lowest BCUT2D eigenvalue weighted by molar-refractivity contribution is 0.162. The smallest absolute Gasteiger partial charge is 0.182 e. The Morgan fingerprint density at radius 1 is 1.47 bits per heavy atom. The summed E-state index contributed by atoms with van der Waals surface area (Å²) in [6.45, 7) is 2.62. The van der Waals surface area contributed by atoms with Crippen molar-refractivity contribution in [3.8, 4) is 11.5 Å². The molecule has 1 atom stereocenters. The van der Waals surface area contributed by atoms with Crippen LogP contribution >= 0.6 is 0 Å². The first-order chi connectivity index (χ1) is 8.22. The van der Waals surface area contributed by atoms with Crippen molar-refractivity contribution in [3.63, 3.8) is 0 Å². The van der Waals surface area contributed by atoms with Gasteiger partial charge in [0, 0.05) is 7.11 Å². The molecule has 2 rings (SSSR count). The van der Waals surface area contributed by atoms with Crippen LogP contribution in [0.25, 0.3) is 11.5 Å². The fraction of sp³-hybridized carbons (Fsp3) is 0.364. The van der Waals surface area contributed by atoms with E-state index in [4.69, 9.17) is 10.5 Å². The van der Waals surface area contributed by atoms with Crippen LogP contribution in [-0.2, 0) is 4.74 Å². The van der Waals surface area contributed by atoms with E-state index in [-0.39, 0.29) is 6.04 Å². The van der Waals surface area contributed by atoms with Crippen molar-refractivity contribution in [1.82, 2.24) is 19.7 Å². The molecule has 0 aliphatic heterocycles. The summed E-state index contributed by atoms with van der Waals surface area (Å²) in [6.07, 6.45) is 1.67. The molecule has 2 heterocycles. The van der Waals surface area contributed by atoms with E-state index < -0.39 is 0 Å². The molecule has 0 bridgehead atoms. The van der Waals surface area contributed by atoms with Gasteiger partial charge < -0.3 is 15.0 Å². The number of anilines is 1. The molecule has 0 fully saturated rings. The number of pyridine rings is 1. The summed E-state index contributed by atoms with van der Waals surface area (Å²) in [6, 6.07) is 5.59. The molecule has 0 saturated heterocycles. The van der Waals surface area contributed by atoms with Crippen molar-refractivity contribution in [2.24, 2.45) is 0 Å². The monoisotopic (exact) mass is 233 g/mol. The molecule has 0 aliphatic rings. The molecule has 0 amide bonds. The van der Waals surface area contributed by atoms with E-state index in [2.05, 4.69) is 15.2 Å². The molecule has 0 aromatic carbocycles. The average Bonchev–Trinajstić information content (AvgIpc) is 2.78. The van der Waals surface area contributed by atoms with Crippen LogP contribution in [0, 0.1) is 0 Å². The minimum absolute atomic E-state index is 0.147. The highest BCUT2D eigenvalue weighted by molar-refractivity contribution is 5.52. The Hall–Kier alpha value is -1.95. The van der Waals surface area contributed by atoms with Crippen LogP contribution in [0.2, 0.25) is 0 Å². The van der Waals surface area contributed by atoms with E-state index in [9.17, 15) is 0 Å². The number of methoxy groups -OCH3 is 1. The van der Waals surface area contributed by atoms with E-state index in [1.165, 1.54) is 0 Å². The predicted octanol–water partition coefficient (Wildman–Crippen LogP) is 1.13. The Morgan fingerprint density at radius 3 is 3.00 bits per heavy atom. The van der Waals surface area contributed by atoms with E-state index in [0.29, 0.717) is 23.9 Å². The van der Waals surface area contributed by atoms with Gasteiger partial charge in [-0.3, -0.25) is 0 Å². The van der Waals surface area contributed by atoms with Gasteiger partial charge in [0.1, 0.15) is 17.8 Å². The number of hydrogen-bond acceptors (Lipinski definition) is 5. The molecule has 0 spiro atoms. The summed E-state index contributed by atoms with van der Waals surface area (Å²) in [5.41, 5.74) is 6.37. The van der Waals surface area contributed by atoms with Gasteiger partial charge in [0.2, 0.25) is 0 Å². The van der Waals surface area contributed by atoms with Crippen LogP contribution in [0.15, 0.2) is 24.5 Å². The lowest BCUT2D eigenvalue weighted by Gasteiger charge is -2.13. The van der Waals surface area contributed by atoms with E-state index in [1.54, 1.807) is 19.5 Å².